The van der Waals surface area contributed by atoms with Crippen LogP contribution in [0.4, 0.5) is 0 Å². The topological polar surface area (TPSA) is 70.6 Å². The molecule has 106 valence electrons. The molecule has 5 heteroatoms. The quantitative estimate of drug-likeness (QED) is 0.638. The number of benzene rings is 1. The molecule has 1 aromatic rings. The van der Waals surface area contributed by atoms with Crippen molar-refractivity contribution >= 4 is 5.91 Å². The zero-order valence-electron chi connectivity index (χ0n) is 11.5. The molecular weight excluding hydrogens is 244 g/mol. The van der Waals surface area contributed by atoms with Gasteiger partial charge < -0.3 is 20.5 Å². The van der Waals surface area contributed by atoms with Gasteiger partial charge >= 0.3 is 0 Å². The molecule has 0 fully saturated rings. The highest BCUT2D eigenvalue weighted by molar-refractivity contribution is 5.78. The van der Waals surface area contributed by atoms with Crippen LogP contribution < -0.4 is 10.6 Å². The van der Waals surface area contributed by atoms with E-state index in [9.17, 15) is 4.79 Å². The molecule has 0 bridgehead atoms. The molecule has 0 aliphatic carbocycles. The number of hydrogen-bond acceptors (Lipinski definition) is 4. The van der Waals surface area contributed by atoms with Crippen LogP contribution in [0.15, 0.2) is 24.3 Å². The minimum absolute atomic E-state index is 0.0111. The Balaban J connectivity index is 2.27. The van der Waals surface area contributed by atoms with Gasteiger partial charge in [-0.3, -0.25) is 4.79 Å². The van der Waals surface area contributed by atoms with Crippen molar-refractivity contribution in [2.24, 2.45) is 0 Å². The molecule has 19 heavy (non-hydrogen) atoms. The standard InChI is InChI=1S/C14H22N2O3/c1-11(10-19-2)16-14(18)8-15-7-12-4-3-5-13(6-12)9-17/h3-6,11,15,17H,7-10H2,1-2H3,(H,16,18). The van der Waals surface area contributed by atoms with Gasteiger partial charge in [0.25, 0.3) is 0 Å². The molecule has 0 saturated carbocycles. The molecule has 1 rings (SSSR count). The van der Waals surface area contributed by atoms with Crippen molar-refractivity contribution in [3.05, 3.63) is 35.4 Å². The molecule has 1 unspecified atom stereocenters. The number of hydrogen-bond donors (Lipinski definition) is 3. The van der Waals surface area contributed by atoms with Crippen LogP contribution in [-0.4, -0.2) is 37.3 Å². The lowest BCUT2D eigenvalue weighted by molar-refractivity contribution is -0.121. The Kier molecular flexibility index (Phi) is 7.10. The Morgan fingerprint density at radius 1 is 1.42 bits per heavy atom. The van der Waals surface area contributed by atoms with Gasteiger partial charge in [-0.05, 0) is 18.1 Å². The highest BCUT2D eigenvalue weighted by Gasteiger charge is 2.06. The van der Waals surface area contributed by atoms with Crippen molar-refractivity contribution < 1.29 is 14.6 Å². The predicted octanol–water partition coefficient (Wildman–Crippen LogP) is 0.420. The third kappa shape index (κ3) is 6.33. The third-order valence-electron chi connectivity index (χ3n) is 2.61. The zero-order valence-corrected chi connectivity index (χ0v) is 11.5. The Morgan fingerprint density at radius 2 is 2.16 bits per heavy atom. The summed E-state index contributed by atoms with van der Waals surface area (Å²) in [6.07, 6.45) is 0. The van der Waals surface area contributed by atoms with Crippen LogP contribution in [0.2, 0.25) is 0 Å². The van der Waals surface area contributed by atoms with E-state index in [1.165, 1.54) is 0 Å². The van der Waals surface area contributed by atoms with Gasteiger partial charge in [-0.15, -0.1) is 0 Å². The van der Waals surface area contributed by atoms with Gasteiger partial charge in [-0.25, -0.2) is 0 Å². The van der Waals surface area contributed by atoms with Crippen molar-refractivity contribution in [2.45, 2.75) is 26.1 Å². The van der Waals surface area contributed by atoms with Gasteiger partial charge in [0.15, 0.2) is 0 Å². The number of amides is 1. The summed E-state index contributed by atoms with van der Waals surface area (Å²) < 4.78 is 4.95. The lowest BCUT2D eigenvalue weighted by Gasteiger charge is -2.13. The van der Waals surface area contributed by atoms with Crippen LogP contribution in [-0.2, 0) is 22.7 Å². The maximum Gasteiger partial charge on any atom is 0.234 e. The van der Waals surface area contributed by atoms with Gasteiger partial charge in [0.2, 0.25) is 5.91 Å². The van der Waals surface area contributed by atoms with Gasteiger partial charge in [0.1, 0.15) is 0 Å². The smallest absolute Gasteiger partial charge is 0.234 e. The van der Waals surface area contributed by atoms with Crippen molar-refractivity contribution in [1.82, 2.24) is 10.6 Å². The molecule has 0 aliphatic rings. The van der Waals surface area contributed by atoms with Crippen LogP contribution in [0.25, 0.3) is 0 Å². The number of carbonyl (C=O) groups excluding carboxylic acids is 1. The third-order valence-corrected chi connectivity index (χ3v) is 2.61. The second-order valence-electron chi connectivity index (χ2n) is 4.51. The largest absolute Gasteiger partial charge is 0.392 e. The van der Waals surface area contributed by atoms with E-state index >= 15 is 0 Å². The summed E-state index contributed by atoms with van der Waals surface area (Å²) in [6.45, 7) is 3.29. The highest BCUT2D eigenvalue weighted by Crippen LogP contribution is 2.04. The molecular formula is C14H22N2O3. The van der Waals surface area contributed by atoms with Crippen LogP contribution >= 0.6 is 0 Å². The number of nitrogens with one attached hydrogen (secondary N) is 2. The monoisotopic (exact) mass is 266 g/mol. The van der Waals surface area contributed by atoms with Crippen molar-refractivity contribution in [1.29, 1.82) is 0 Å². The molecule has 0 aliphatic heterocycles. The Morgan fingerprint density at radius 3 is 2.84 bits per heavy atom. The molecule has 0 heterocycles. The van der Waals surface area contributed by atoms with Crippen molar-refractivity contribution in [2.75, 3.05) is 20.3 Å². The molecule has 3 N–H and O–H groups in total. The van der Waals surface area contributed by atoms with E-state index < -0.39 is 0 Å². The van der Waals surface area contributed by atoms with Gasteiger partial charge in [0.05, 0.1) is 19.8 Å². The van der Waals surface area contributed by atoms with E-state index in [0.717, 1.165) is 11.1 Å². The van der Waals surface area contributed by atoms with E-state index in [1.54, 1.807) is 7.11 Å². The fourth-order valence-corrected chi connectivity index (χ4v) is 1.78. The average molecular weight is 266 g/mol. The lowest BCUT2D eigenvalue weighted by Crippen LogP contribution is -2.40. The summed E-state index contributed by atoms with van der Waals surface area (Å²) in [7, 11) is 1.61. The van der Waals surface area contributed by atoms with Crippen molar-refractivity contribution in [3.63, 3.8) is 0 Å². The predicted molar refractivity (Wildman–Crippen MR) is 73.6 cm³/mol. The fourth-order valence-electron chi connectivity index (χ4n) is 1.78. The summed E-state index contributed by atoms with van der Waals surface area (Å²) in [5.74, 6) is -0.0529. The summed E-state index contributed by atoms with van der Waals surface area (Å²) in [4.78, 5) is 11.6. The first kappa shape index (κ1) is 15.6. The second-order valence-corrected chi connectivity index (χ2v) is 4.51. The molecule has 1 amide bonds. The average Bonchev–Trinajstić information content (AvgIpc) is 2.39. The van der Waals surface area contributed by atoms with E-state index in [2.05, 4.69) is 10.6 Å². The Labute approximate surface area is 114 Å². The first-order chi connectivity index (χ1) is 9.15. The maximum absolute atomic E-state index is 11.6. The summed E-state index contributed by atoms with van der Waals surface area (Å²) in [5.41, 5.74) is 1.92. The van der Waals surface area contributed by atoms with Crippen LogP contribution in [0.1, 0.15) is 18.1 Å². The minimum atomic E-state index is -0.0529. The fraction of sp³-hybridized carbons (Fsp3) is 0.500. The first-order valence-corrected chi connectivity index (χ1v) is 6.33. The van der Waals surface area contributed by atoms with E-state index in [0.29, 0.717) is 13.2 Å². The number of aliphatic hydroxyl groups excluding tert-OH is 1. The van der Waals surface area contributed by atoms with E-state index in [-0.39, 0.29) is 25.1 Å². The normalized spacial score (nSPS) is 12.2. The zero-order chi connectivity index (χ0) is 14.1. The molecule has 0 aromatic heterocycles. The Bertz CT molecular complexity index is 396. The second kappa shape index (κ2) is 8.63. The number of carbonyl (C=O) groups is 1. The maximum atomic E-state index is 11.6. The molecule has 0 radical (unpaired) electrons. The summed E-state index contributed by atoms with van der Waals surface area (Å²) >= 11 is 0. The minimum Gasteiger partial charge on any atom is -0.392 e. The number of ether oxygens (including phenoxy) is 1. The van der Waals surface area contributed by atoms with Gasteiger partial charge in [-0.1, -0.05) is 24.3 Å². The summed E-state index contributed by atoms with van der Waals surface area (Å²) in [6, 6.07) is 7.64. The van der Waals surface area contributed by atoms with Gasteiger partial charge in [-0.2, -0.15) is 0 Å². The van der Waals surface area contributed by atoms with E-state index in [4.69, 9.17) is 9.84 Å². The number of methoxy groups -OCH3 is 1. The van der Waals surface area contributed by atoms with Gasteiger partial charge in [0, 0.05) is 19.7 Å². The van der Waals surface area contributed by atoms with E-state index in [1.807, 2.05) is 31.2 Å². The van der Waals surface area contributed by atoms with Crippen LogP contribution in [0.5, 0.6) is 0 Å². The van der Waals surface area contributed by atoms with Crippen LogP contribution in [0.3, 0.4) is 0 Å². The molecule has 0 saturated heterocycles. The van der Waals surface area contributed by atoms with Crippen molar-refractivity contribution in [3.8, 4) is 0 Å². The number of rotatable bonds is 8. The Hall–Kier alpha value is -1.43. The number of aliphatic hydroxyl groups is 1. The molecule has 5 nitrogen and oxygen atoms in total. The SMILES string of the molecule is COCC(C)NC(=O)CNCc1cccc(CO)c1. The highest BCUT2D eigenvalue weighted by atomic mass is 16.5. The molecule has 1 aromatic carbocycles. The van der Waals surface area contributed by atoms with Crippen LogP contribution in [0, 0.1) is 0 Å². The first-order valence-electron chi connectivity index (χ1n) is 6.33. The summed E-state index contributed by atoms with van der Waals surface area (Å²) in [5, 5.41) is 14.9. The molecule has 1 atom stereocenters. The lowest BCUT2D eigenvalue weighted by atomic mass is 10.1. The molecule has 0 spiro atoms.